The fourth-order valence-corrected chi connectivity index (χ4v) is 3.27. The minimum Gasteiger partial charge on any atom is -0.329 e. The summed E-state index contributed by atoms with van der Waals surface area (Å²) in [6, 6.07) is 14.4. The minimum atomic E-state index is -0.491. The van der Waals surface area contributed by atoms with Gasteiger partial charge >= 0.3 is 0 Å². The van der Waals surface area contributed by atoms with Crippen LogP contribution in [0.1, 0.15) is 22.0 Å². The molecule has 0 saturated carbocycles. The Morgan fingerprint density at radius 3 is 2.61 bits per heavy atom. The summed E-state index contributed by atoms with van der Waals surface area (Å²) in [7, 11) is 2.04. The fraction of sp³-hybridized carbons (Fsp3) is 0.278. The Bertz CT molecular complexity index is 707. The average Bonchev–Trinajstić information content (AvgIpc) is 2.55. The number of nitrogens with zero attached hydrogens (tertiary/aromatic N) is 2. The lowest BCUT2D eigenvalue weighted by Gasteiger charge is -2.40. The van der Waals surface area contributed by atoms with Crippen LogP contribution in [0.25, 0.3) is 0 Å². The molecule has 0 bridgehead atoms. The Morgan fingerprint density at radius 2 is 1.91 bits per heavy atom. The maximum absolute atomic E-state index is 14.2. The van der Waals surface area contributed by atoms with Gasteiger partial charge in [-0.25, -0.2) is 4.39 Å². The maximum atomic E-state index is 14.2. The predicted molar refractivity (Wildman–Crippen MR) is 91.8 cm³/mol. The Morgan fingerprint density at radius 1 is 1.17 bits per heavy atom. The number of piperazine rings is 1. The molecule has 23 heavy (non-hydrogen) atoms. The third-order valence-electron chi connectivity index (χ3n) is 4.19. The van der Waals surface area contributed by atoms with Crippen molar-refractivity contribution in [2.24, 2.45) is 0 Å². The number of rotatable bonds is 2. The van der Waals surface area contributed by atoms with E-state index in [9.17, 15) is 9.18 Å². The molecular formula is C18H18BrFN2O. The zero-order valence-electron chi connectivity index (χ0n) is 12.9. The molecule has 3 nitrogen and oxygen atoms in total. The molecule has 1 aliphatic heterocycles. The van der Waals surface area contributed by atoms with Crippen LogP contribution in [0.3, 0.4) is 0 Å². The quantitative estimate of drug-likeness (QED) is 0.797. The van der Waals surface area contributed by atoms with Gasteiger partial charge < -0.3 is 9.80 Å². The highest BCUT2D eigenvalue weighted by Gasteiger charge is 2.31. The van der Waals surface area contributed by atoms with Crippen molar-refractivity contribution in [3.05, 3.63) is 69.9 Å². The molecule has 1 atom stereocenters. The monoisotopic (exact) mass is 376 g/mol. The van der Waals surface area contributed by atoms with Crippen molar-refractivity contribution in [3.8, 4) is 0 Å². The molecule has 120 valence electrons. The van der Waals surface area contributed by atoms with Gasteiger partial charge in [-0.1, -0.05) is 46.3 Å². The van der Waals surface area contributed by atoms with Gasteiger partial charge in [0.05, 0.1) is 11.6 Å². The molecular weight excluding hydrogens is 359 g/mol. The fourth-order valence-electron chi connectivity index (χ4n) is 2.94. The number of carbonyl (C=O) groups is 1. The third kappa shape index (κ3) is 3.46. The first kappa shape index (κ1) is 16.1. The lowest BCUT2D eigenvalue weighted by Crippen LogP contribution is -2.49. The van der Waals surface area contributed by atoms with Crippen molar-refractivity contribution < 1.29 is 9.18 Å². The van der Waals surface area contributed by atoms with Crippen LogP contribution < -0.4 is 0 Å². The SMILES string of the molecule is CN1CCN(C(=O)c2ccc(Br)cc2F)[C@@H](c2ccccc2)C1. The van der Waals surface area contributed by atoms with Crippen molar-refractivity contribution in [3.63, 3.8) is 0 Å². The summed E-state index contributed by atoms with van der Waals surface area (Å²) in [6.45, 7) is 2.12. The molecule has 1 fully saturated rings. The summed E-state index contributed by atoms with van der Waals surface area (Å²) in [4.78, 5) is 16.8. The number of benzene rings is 2. The largest absolute Gasteiger partial charge is 0.329 e. The smallest absolute Gasteiger partial charge is 0.257 e. The number of amides is 1. The molecule has 5 heteroatoms. The van der Waals surface area contributed by atoms with Crippen molar-refractivity contribution >= 4 is 21.8 Å². The normalized spacial score (nSPS) is 18.9. The van der Waals surface area contributed by atoms with Gasteiger partial charge in [0.25, 0.3) is 5.91 Å². The first-order chi connectivity index (χ1) is 11.1. The number of carbonyl (C=O) groups excluding carboxylic acids is 1. The van der Waals surface area contributed by atoms with E-state index in [1.165, 1.54) is 6.07 Å². The molecule has 1 amide bonds. The molecule has 0 aliphatic carbocycles. The second-order valence-electron chi connectivity index (χ2n) is 5.81. The van der Waals surface area contributed by atoms with Gasteiger partial charge in [-0.2, -0.15) is 0 Å². The highest BCUT2D eigenvalue weighted by atomic mass is 79.9. The molecule has 2 aromatic carbocycles. The van der Waals surface area contributed by atoms with E-state index < -0.39 is 5.82 Å². The topological polar surface area (TPSA) is 23.6 Å². The summed E-state index contributed by atoms with van der Waals surface area (Å²) < 4.78 is 14.8. The van der Waals surface area contributed by atoms with Crippen molar-refractivity contribution in [1.29, 1.82) is 0 Å². The van der Waals surface area contributed by atoms with Crippen LogP contribution >= 0.6 is 15.9 Å². The second-order valence-corrected chi connectivity index (χ2v) is 6.73. The first-order valence-corrected chi connectivity index (χ1v) is 8.35. The summed E-state index contributed by atoms with van der Waals surface area (Å²) in [6.07, 6.45) is 0. The van der Waals surface area contributed by atoms with Crippen LogP contribution in [-0.2, 0) is 0 Å². The van der Waals surface area contributed by atoms with Crippen LogP contribution in [0.2, 0.25) is 0 Å². The van der Waals surface area contributed by atoms with E-state index in [1.807, 2.05) is 37.4 Å². The molecule has 2 aromatic rings. The molecule has 1 aliphatic rings. The zero-order chi connectivity index (χ0) is 16.4. The van der Waals surface area contributed by atoms with Gasteiger partial charge in [-0.3, -0.25) is 4.79 Å². The molecule has 0 aromatic heterocycles. The zero-order valence-corrected chi connectivity index (χ0v) is 14.5. The molecule has 1 heterocycles. The molecule has 0 radical (unpaired) electrons. The van der Waals surface area contributed by atoms with Crippen molar-refractivity contribution in [2.75, 3.05) is 26.7 Å². The Hall–Kier alpha value is -1.72. The third-order valence-corrected chi connectivity index (χ3v) is 4.68. The molecule has 0 unspecified atom stereocenters. The van der Waals surface area contributed by atoms with Gasteiger partial charge in [0.1, 0.15) is 5.82 Å². The van der Waals surface area contributed by atoms with Crippen LogP contribution in [0.4, 0.5) is 4.39 Å². The molecule has 1 saturated heterocycles. The Kier molecular flexibility index (Phi) is 4.78. The summed E-state index contributed by atoms with van der Waals surface area (Å²) >= 11 is 3.23. The highest BCUT2D eigenvalue weighted by Crippen LogP contribution is 2.27. The minimum absolute atomic E-state index is 0.0644. The van der Waals surface area contributed by atoms with E-state index in [0.717, 1.165) is 18.7 Å². The first-order valence-electron chi connectivity index (χ1n) is 7.56. The lowest BCUT2D eigenvalue weighted by atomic mass is 10.0. The summed E-state index contributed by atoms with van der Waals surface area (Å²) in [5, 5.41) is 0. The van der Waals surface area contributed by atoms with E-state index in [0.29, 0.717) is 11.0 Å². The van der Waals surface area contributed by atoms with Crippen molar-refractivity contribution in [2.45, 2.75) is 6.04 Å². The highest BCUT2D eigenvalue weighted by molar-refractivity contribution is 9.10. The van der Waals surface area contributed by atoms with Gasteiger partial charge in [0.15, 0.2) is 0 Å². The van der Waals surface area contributed by atoms with Crippen LogP contribution in [-0.4, -0.2) is 42.4 Å². The van der Waals surface area contributed by atoms with Crippen LogP contribution in [0.15, 0.2) is 53.0 Å². The molecule has 0 spiro atoms. The van der Waals surface area contributed by atoms with Gasteiger partial charge in [0.2, 0.25) is 0 Å². The maximum Gasteiger partial charge on any atom is 0.257 e. The van der Waals surface area contributed by atoms with E-state index in [1.54, 1.807) is 17.0 Å². The van der Waals surface area contributed by atoms with Crippen molar-refractivity contribution in [1.82, 2.24) is 9.80 Å². The number of hydrogen-bond donors (Lipinski definition) is 0. The van der Waals surface area contributed by atoms with Gasteiger partial charge in [-0.05, 0) is 30.8 Å². The number of hydrogen-bond acceptors (Lipinski definition) is 2. The van der Waals surface area contributed by atoms with Crippen LogP contribution in [0.5, 0.6) is 0 Å². The second kappa shape index (κ2) is 6.81. The lowest BCUT2D eigenvalue weighted by molar-refractivity contribution is 0.0493. The van der Waals surface area contributed by atoms with E-state index in [2.05, 4.69) is 20.8 Å². The number of halogens is 2. The van der Waals surface area contributed by atoms with E-state index in [-0.39, 0.29) is 17.5 Å². The molecule has 3 rings (SSSR count). The number of likely N-dealkylation sites (N-methyl/N-ethyl adjacent to an activating group) is 1. The Labute approximate surface area is 143 Å². The summed E-state index contributed by atoms with van der Waals surface area (Å²) in [5.74, 6) is -0.743. The molecule has 0 N–H and O–H groups in total. The van der Waals surface area contributed by atoms with E-state index in [4.69, 9.17) is 0 Å². The Balaban J connectivity index is 1.93. The van der Waals surface area contributed by atoms with E-state index >= 15 is 0 Å². The van der Waals surface area contributed by atoms with Gasteiger partial charge in [-0.15, -0.1) is 0 Å². The van der Waals surface area contributed by atoms with Crippen LogP contribution in [0, 0.1) is 5.82 Å². The average molecular weight is 377 g/mol. The van der Waals surface area contributed by atoms with Gasteiger partial charge in [0, 0.05) is 24.1 Å². The predicted octanol–water partition coefficient (Wildman–Crippen LogP) is 3.72. The summed E-state index contributed by atoms with van der Waals surface area (Å²) in [5.41, 5.74) is 1.20. The standard InChI is InChI=1S/C18H18BrFN2O/c1-21-9-10-22(17(12-21)13-5-3-2-4-6-13)18(23)15-8-7-14(19)11-16(15)20/h2-8,11,17H,9-10,12H2,1H3/t17-/m1/s1.